The Bertz CT molecular complexity index is 2030. The molecule has 22 heteroatoms. The average Bonchev–Trinajstić information content (AvgIpc) is 3.88. The molecule has 0 spiro atoms. The van der Waals surface area contributed by atoms with E-state index in [4.69, 9.17) is 37.9 Å². The summed E-state index contributed by atoms with van der Waals surface area (Å²) in [6.07, 6.45) is -23.1. The van der Waals surface area contributed by atoms with Gasteiger partial charge in [0.1, 0.15) is 85.5 Å². The molecule has 4 saturated heterocycles. The minimum Gasteiger partial charge on any atom is -0.432 e. The Morgan fingerprint density at radius 2 is 1.27 bits per heavy atom. The van der Waals surface area contributed by atoms with Crippen LogP contribution in [0.5, 0.6) is 0 Å². The van der Waals surface area contributed by atoms with E-state index in [-0.39, 0.29) is 59.0 Å². The van der Waals surface area contributed by atoms with Gasteiger partial charge in [-0.25, -0.2) is 0 Å². The highest BCUT2D eigenvalue weighted by Gasteiger charge is 2.73. The summed E-state index contributed by atoms with van der Waals surface area (Å²) in [7, 11) is 0. The van der Waals surface area contributed by atoms with Gasteiger partial charge in [0.05, 0.1) is 44.1 Å². The lowest BCUT2D eigenvalue weighted by Gasteiger charge is -2.73. The van der Waals surface area contributed by atoms with E-state index in [2.05, 4.69) is 34.3 Å². The standard InChI is InChI=1S/C53H86O22/c1-22(2)24-10-15-53(48(67)75-47-41(65)37(61)35(59)28(72-47)20-69-44-42(66)38(62)43(27(18-54)71-44)74-46-40(64)36(60)33(57)23(3)70-46)17-16-51(6)25(32(24)53)8-9-30-49(4)13-12-31(73-45-39(63)34(58)26(56)19-68-45)50(5,21-55)29(49)11-14-52(30,51)7/h23-47,54-66H,1,8-21H2,2-7H3/t23-,24-,25+,26-,27+,28+,29+,30+,31-,32+,33-,34-,35+,36+,37-,38+,39+,40+,41+,42+,43+,44+,45-,46-,47-,49-,50-,51+,52+,53-/m1/s1. The summed E-state index contributed by atoms with van der Waals surface area (Å²) in [4.78, 5) is 15.1. The molecule has 0 aromatic carbocycles. The molecule has 4 heterocycles. The minimum atomic E-state index is -1.88. The van der Waals surface area contributed by atoms with Gasteiger partial charge in [0, 0.05) is 5.41 Å². The minimum absolute atomic E-state index is 0.0180. The van der Waals surface area contributed by atoms with E-state index in [1.165, 1.54) is 6.92 Å². The van der Waals surface area contributed by atoms with Crippen molar-refractivity contribution >= 4 is 5.97 Å². The van der Waals surface area contributed by atoms with E-state index in [1.54, 1.807) is 0 Å². The zero-order chi connectivity index (χ0) is 54.6. The molecule has 0 unspecified atom stereocenters. The Hall–Kier alpha value is -1.59. The normalized spacial score (nSPS) is 56.0. The van der Waals surface area contributed by atoms with Crippen molar-refractivity contribution in [1.82, 2.24) is 0 Å². The number of carbonyl (C=O) groups is 1. The van der Waals surface area contributed by atoms with Crippen LogP contribution in [0.3, 0.4) is 0 Å². The van der Waals surface area contributed by atoms with E-state index in [1.807, 2.05) is 6.92 Å². The first-order valence-electron chi connectivity index (χ1n) is 27.3. The molecule has 0 amide bonds. The molecule has 0 aromatic rings. The van der Waals surface area contributed by atoms with Crippen LogP contribution in [-0.2, 0) is 42.7 Å². The van der Waals surface area contributed by atoms with Crippen LogP contribution in [0.4, 0.5) is 0 Å². The largest absolute Gasteiger partial charge is 0.432 e. The molecule has 22 nitrogen and oxygen atoms in total. The van der Waals surface area contributed by atoms with E-state index in [9.17, 15) is 66.4 Å². The quantitative estimate of drug-likeness (QED) is 0.0598. The highest BCUT2D eigenvalue weighted by molar-refractivity contribution is 5.78. The first kappa shape index (κ1) is 58.1. The van der Waals surface area contributed by atoms with E-state index in [0.717, 1.165) is 37.7 Å². The van der Waals surface area contributed by atoms with Crippen molar-refractivity contribution in [3.05, 3.63) is 12.2 Å². The second-order valence-corrected chi connectivity index (χ2v) is 25.2. The van der Waals surface area contributed by atoms with Gasteiger partial charge >= 0.3 is 5.97 Å². The Morgan fingerprint density at radius 3 is 1.95 bits per heavy atom. The smallest absolute Gasteiger partial charge is 0.314 e. The summed E-state index contributed by atoms with van der Waals surface area (Å²) in [6.45, 7) is 15.3. The van der Waals surface area contributed by atoms with E-state index < -0.39 is 153 Å². The zero-order valence-electron chi connectivity index (χ0n) is 44.0. The van der Waals surface area contributed by atoms with Crippen LogP contribution in [0.25, 0.3) is 0 Å². The average molecular weight is 1080 g/mol. The monoisotopic (exact) mass is 1070 g/mol. The number of carbonyl (C=O) groups excluding carboxylic acids is 1. The van der Waals surface area contributed by atoms with Gasteiger partial charge in [-0.15, -0.1) is 0 Å². The number of allylic oxidation sites excluding steroid dienone is 1. The van der Waals surface area contributed by atoms with Crippen molar-refractivity contribution in [2.75, 3.05) is 26.4 Å². The summed E-state index contributed by atoms with van der Waals surface area (Å²) in [6, 6.07) is 0. The lowest BCUT2D eigenvalue weighted by molar-refractivity contribution is -0.361. The second-order valence-electron chi connectivity index (χ2n) is 25.2. The van der Waals surface area contributed by atoms with Crippen LogP contribution < -0.4 is 0 Å². The summed E-state index contributed by atoms with van der Waals surface area (Å²) in [5.41, 5.74) is -1.38. The van der Waals surface area contributed by atoms with Crippen LogP contribution in [-0.4, -0.2) is 222 Å². The van der Waals surface area contributed by atoms with Crippen molar-refractivity contribution in [2.45, 2.75) is 229 Å². The molecule has 30 atom stereocenters. The van der Waals surface area contributed by atoms with Crippen LogP contribution in [0.15, 0.2) is 12.2 Å². The van der Waals surface area contributed by atoms with Gasteiger partial charge in [0.15, 0.2) is 18.9 Å². The summed E-state index contributed by atoms with van der Waals surface area (Å²) < 4.78 is 47.0. The van der Waals surface area contributed by atoms with Crippen LogP contribution in [0.1, 0.15) is 106 Å². The molecule has 5 saturated carbocycles. The number of fused-ring (bicyclic) bond motifs is 7. The van der Waals surface area contributed by atoms with Gasteiger partial charge in [0.25, 0.3) is 0 Å². The van der Waals surface area contributed by atoms with E-state index >= 15 is 4.79 Å². The Kier molecular flexibility index (Phi) is 16.6. The molecule has 5 aliphatic carbocycles. The van der Waals surface area contributed by atoms with Crippen LogP contribution >= 0.6 is 0 Å². The molecule has 9 fully saturated rings. The molecule has 9 aliphatic rings. The lowest BCUT2D eigenvalue weighted by Crippen LogP contribution is -2.68. The SMILES string of the molecule is C=C(C)[C@H]1CC[C@@]2(C(=O)O[C@H]3O[C@@H](CO[C@H]4O[C@@H](CO)[C@H](O[C@H]5O[C@H](C)[C@@H](O)[C@H](O)[C@@H]5O)[C@@H](O)[C@@H]4O)[C@H](O)[C@@H](O)[C@@H]3O)CC[C@@]3(C)[C@@H](CC[C@H]4[C@]5(C)CC[C@@H](O[C@H]6OC[C@@H](O)[C@@H](O)[C@@H]6O)[C@](C)(CO)[C@H]5CC[C@@]43C)[C@H]12. The number of hydrogen-bond acceptors (Lipinski definition) is 22. The van der Waals surface area contributed by atoms with Gasteiger partial charge in [-0.3, -0.25) is 4.79 Å². The summed E-state index contributed by atoms with van der Waals surface area (Å²) >= 11 is 0. The molecular weight excluding hydrogens is 989 g/mol. The second kappa shape index (κ2) is 21.4. The molecule has 0 bridgehead atoms. The summed E-state index contributed by atoms with van der Waals surface area (Å²) in [5.74, 6) is -0.421. The fraction of sp³-hybridized carbons (Fsp3) is 0.943. The highest BCUT2D eigenvalue weighted by atomic mass is 16.8. The fourth-order valence-corrected chi connectivity index (χ4v) is 17.0. The van der Waals surface area contributed by atoms with Crippen LogP contribution in [0.2, 0.25) is 0 Å². The molecule has 9 rings (SSSR count). The first-order valence-corrected chi connectivity index (χ1v) is 27.3. The maximum absolute atomic E-state index is 15.1. The highest BCUT2D eigenvalue weighted by Crippen LogP contribution is 2.78. The predicted octanol–water partition coefficient (Wildman–Crippen LogP) is -1.54. The van der Waals surface area contributed by atoms with Crippen molar-refractivity contribution in [3.63, 3.8) is 0 Å². The number of hydrogen-bond donors (Lipinski definition) is 13. The third kappa shape index (κ3) is 9.31. The maximum atomic E-state index is 15.1. The fourth-order valence-electron chi connectivity index (χ4n) is 17.0. The molecular formula is C53H86O22. The predicted molar refractivity (Wildman–Crippen MR) is 257 cm³/mol. The topological polar surface area (TPSA) is 354 Å². The van der Waals surface area contributed by atoms with Crippen molar-refractivity contribution < 1.29 is 109 Å². The molecule has 430 valence electrons. The maximum Gasteiger partial charge on any atom is 0.314 e. The molecule has 4 aliphatic heterocycles. The molecule has 0 aromatic heterocycles. The Labute approximate surface area is 437 Å². The van der Waals surface area contributed by atoms with Gasteiger partial charge in [0.2, 0.25) is 6.29 Å². The van der Waals surface area contributed by atoms with Crippen LogP contribution in [0, 0.1) is 56.7 Å². The van der Waals surface area contributed by atoms with Gasteiger partial charge in [-0.05, 0) is 124 Å². The third-order valence-electron chi connectivity index (χ3n) is 21.5. The lowest BCUT2D eigenvalue weighted by atomic mass is 9.32. The number of rotatable bonds is 12. The van der Waals surface area contributed by atoms with Gasteiger partial charge in [-0.1, -0.05) is 39.8 Å². The van der Waals surface area contributed by atoms with Crippen molar-refractivity contribution in [1.29, 1.82) is 0 Å². The number of aliphatic hydroxyl groups excluding tert-OH is 13. The summed E-state index contributed by atoms with van der Waals surface area (Å²) in [5, 5.41) is 139. The number of aliphatic hydroxyl groups is 13. The third-order valence-corrected chi connectivity index (χ3v) is 21.5. The van der Waals surface area contributed by atoms with Gasteiger partial charge < -0.3 is 104 Å². The zero-order valence-corrected chi connectivity index (χ0v) is 44.0. The Morgan fingerprint density at radius 1 is 0.613 bits per heavy atom. The van der Waals surface area contributed by atoms with Crippen molar-refractivity contribution in [3.8, 4) is 0 Å². The Balaban J connectivity index is 0.885. The first-order chi connectivity index (χ1) is 35.2. The molecule has 75 heavy (non-hydrogen) atoms. The number of ether oxygens (including phenoxy) is 8. The molecule has 0 radical (unpaired) electrons. The van der Waals surface area contributed by atoms with E-state index in [0.29, 0.717) is 32.1 Å². The molecule has 13 N–H and O–H groups in total. The number of esters is 1. The van der Waals surface area contributed by atoms with Crippen molar-refractivity contribution in [2.24, 2.45) is 56.7 Å². The van der Waals surface area contributed by atoms with Gasteiger partial charge in [-0.2, -0.15) is 0 Å².